The summed E-state index contributed by atoms with van der Waals surface area (Å²) in [6, 6.07) is 0. The van der Waals surface area contributed by atoms with Gasteiger partial charge >= 0.3 is 0 Å². The van der Waals surface area contributed by atoms with E-state index in [1.54, 1.807) is 13.8 Å². The van der Waals surface area contributed by atoms with Crippen molar-refractivity contribution in [1.29, 1.82) is 0 Å². The molecule has 0 aliphatic rings. The molecule has 0 spiro atoms. The lowest BCUT2D eigenvalue weighted by atomic mass is 9.85. The van der Waals surface area contributed by atoms with Gasteiger partial charge in [-0.25, -0.2) is 0 Å². The van der Waals surface area contributed by atoms with Crippen molar-refractivity contribution < 1.29 is 19.7 Å². The van der Waals surface area contributed by atoms with Crippen molar-refractivity contribution in [3.8, 4) is 0 Å². The molecule has 2 N–H and O–H groups in total. The van der Waals surface area contributed by atoms with Crippen LogP contribution in [0.15, 0.2) is 0 Å². The van der Waals surface area contributed by atoms with Gasteiger partial charge in [0.25, 0.3) is 0 Å². The van der Waals surface area contributed by atoms with Crippen LogP contribution in [0.25, 0.3) is 0 Å². The fourth-order valence-corrected chi connectivity index (χ4v) is 1.25. The van der Waals surface area contributed by atoms with Gasteiger partial charge in [-0.15, -0.1) is 0 Å². The minimum absolute atomic E-state index is 0.126. The minimum Gasteiger partial charge on any atom is -0.377 e. The van der Waals surface area contributed by atoms with Gasteiger partial charge in [0.15, 0.2) is 17.2 Å². The lowest BCUT2D eigenvalue weighted by Gasteiger charge is -2.37. The van der Waals surface area contributed by atoms with Crippen molar-refractivity contribution in [1.82, 2.24) is 0 Å². The second-order valence-corrected chi connectivity index (χ2v) is 3.18. The lowest BCUT2D eigenvalue weighted by Crippen LogP contribution is -2.58. The molecule has 4 heteroatoms. The highest BCUT2D eigenvalue weighted by atomic mass is 16.6. The van der Waals surface area contributed by atoms with E-state index in [4.69, 9.17) is 4.74 Å². The van der Waals surface area contributed by atoms with Crippen LogP contribution in [-0.4, -0.2) is 34.5 Å². The molecule has 0 unspecified atom stereocenters. The van der Waals surface area contributed by atoms with Crippen LogP contribution in [0, 0.1) is 0 Å². The third-order valence-electron chi connectivity index (χ3n) is 2.46. The number of methoxy groups -OCH3 is 1. The zero-order chi connectivity index (χ0) is 10.7. The Morgan fingerprint density at radius 3 is 2.08 bits per heavy atom. The fraction of sp³-hybridized carbons (Fsp3) is 0.889. The summed E-state index contributed by atoms with van der Waals surface area (Å²) < 4.78 is 4.70. The number of rotatable bonds is 5. The SMILES string of the molecule is CCC(=O)[C@@](O)(CC)[C@](C)(O)OC. The predicted octanol–water partition coefficient (Wildman–Crippen LogP) is 0.461. The van der Waals surface area contributed by atoms with E-state index in [0.717, 1.165) is 0 Å². The van der Waals surface area contributed by atoms with Gasteiger partial charge in [0.1, 0.15) is 0 Å². The molecule has 0 bridgehead atoms. The summed E-state index contributed by atoms with van der Waals surface area (Å²) in [6.07, 6.45) is 0.296. The first-order valence-corrected chi connectivity index (χ1v) is 4.39. The van der Waals surface area contributed by atoms with Crippen LogP contribution in [-0.2, 0) is 9.53 Å². The Kier molecular flexibility index (Phi) is 4.03. The van der Waals surface area contributed by atoms with Crippen LogP contribution in [0.2, 0.25) is 0 Å². The average molecular weight is 190 g/mol. The summed E-state index contributed by atoms with van der Waals surface area (Å²) in [7, 11) is 1.25. The molecule has 0 aromatic carbocycles. The Bertz CT molecular complexity index is 188. The maximum Gasteiger partial charge on any atom is 0.198 e. The molecular weight excluding hydrogens is 172 g/mol. The molecule has 2 atom stereocenters. The van der Waals surface area contributed by atoms with Gasteiger partial charge in [-0.3, -0.25) is 4.79 Å². The number of ketones is 1. The van der Waals surface area contributed by atoms with Gasteiger partial charge in [0, 0.05) is 13.5 Å². The average Bonchev–Trinajstić information content (AvgIpc) is 2.14. The second kappa shape index (κ2) is 4.17. The van der Waals surface area contributed by atoms with Crippen molar-refractivity contribution in [3.05, 3.63) is 0 Å². The molecule has 78 valence electrons. The molecule has 0 fully saturated rings. The zero-order valence-electron chi connectivity index (χ0n) is 8.63. The normalized spacial score (nSPS) is 20.5. The van der Waals surface area contributed by atoms with Gasteiger partial charge in [-0.1, -0.05) is 13.8 Å². The predicted molar refractivity (Wildman–Crippen MR) is 48.2 cm³/mol. The van der Waals surface area contributed by atoms with E-state index in [2.05, 4.69) is 0 Å². The number of hydrogen-bond acceptors (Lipinski definition) is 4. The lowest BCUT2D eigenvalue weighted by molar-refractivity contribution is -0.268. The van der Waals surface area contributed by atoms with Crippen LogP contribution >= 0.6 is 0 Å². The highest BCUT2D eigenvalue weighted by Crippen LogP contribution is 2.28. The van der Waals surface area contributed by atoms with Crippen molar-refractivity contribution in [2.24, 2.45) is 0 Å². The fourth-order valence-electron chi connectivity index (χ4n) is 1.25. The minimum atomic E-state index is -1.82. The van der Waals surface area contributed by atoms with Crippen LogP contribution in [0.5, 0.6) is 0 Å². The van der Waals surface area contributed by atoms with Crippen molar-refractivity contribution in [2.75, 3.05) is 7.11 Å². The van der Waals surface area contributed by atoms with Gasteiger partial charge in [0.2, 0.25) is 0 Å². The molecule has 0 saturated heterocycles. The van der Waals surface area contributed by atoms with E-state index >= 15 is 0 Å². The summed E-state index contributed by atoms with van der Waals surface area (Å²) in [6.45, 7) is 4.54. The molecule has 0 amide bonds. The third kappa shape index (κ3) is 2.07. The van der Waals surface area contributed by atoms with Crippen molar-refractivity contribution >= 4 is 5.78 Å². The summed E-state index contributed by atoms with van der Waals surface area (Å²) in [5.41, 5.74) is -1.81. The first-order valence-electron chi connectivity index (χ1n) is 4.39. The third-order valence-corrected chi connectivity index (χ3v) is 2.46. The number of carbonyl (C=O) groups is 1. The molecule has 0 radical (unpaired) electrons. The highest BCUT2D eigenvalue weighted by Gasteiger charge is 2.49. The topological polar surface area (TPSA) is 66.8 Å². The van der Waals surface area contributed by atoms with Crippen molar-refractivity contribution in [3.63, 3.8) is 0 Å². The number of hydrogen-bond donors (Lipinski definition) is 2. The molecule has 0 aliphatic heterocycles. The summed E-state index contributed by atoms with van der Waals surface area (Å²) >= 11 is 0. The van der Waals surface area contributed by atoms with E-state index in [9.17, 15) is 15.0 Å². The Hall–Kier alpha value is -0.450. The maximum atomic E-state index is 11.4. The Morgan fingerprint density at radius 2 is 1.85 bits per heavy atom. The van der Waals surface area contributed by atoms with Crippen LogP contribution < -0.4 is 0 Å². The molecule has 13 heavy (non-hydrogen) atoms. The number of ether oxygens (including phenoxy) is 1. The molecule has 0 aliphatic carbocycles. The summed E-state index contributed by atoms with van der Waals surface area (Å²) in [4.78, 5) is 11.4. The van der Waals surface area contributed by atoms with Gasteiger partial charge in [-0.2, -0.15) is 0 Å². The molecule has 0 heterocycles. The van der Waals surface area contributed by atoms with E-state index in [0.29, 0.717) is 0 Å². The number of aliphatic hydroxyl groups is 2. The van der Waals surface area contributed by atoms with Gasteiger partial charge in [0.05, 0.1) is 0 Å². The highest BCUT2D eigenvalue weighted by molar-refractivity contribution is 5.87. The Balaban J connectivity index is 4.93. The summed E-state index contributed by atoms with van der Waals surface area (Å²) in [5, 5.41) is 19.5. The Labute approximate surface area is 78.5 Å². The van der Waals surface area contributed by atoms with Gasteiger partial charge < -0.3 is 14.9 Å². The van der Waals surface area contributed by atoms with E-state index in [1.165, 1.54) is 14.0 Å². The largest absolute Gasteiger partial charge is 0.377 e. The first-order chi connectivity index (χ1) is 5.85. The standard InChI is InChI=1S/C9H18O4/c1-5-7(10)9(12,6-2)8(3,11)13-4/h11-12H,5-6H2,1-4H3/t8-,9+/m1/s1. The van der Waals surface area contributed by atoms with Crippen molar-refractivity contribution in [2.45, 2.75) is 45.0 Å². The van der Waals surface area contributed by atoms with E-state index in [-0.39, 0.29) is 12.8 Å². The summed E-state index contributed by atoms with van der Waals surface area (Å²) in [5.74, 6) is -2.24. The van der Waals surface area contributed by atoms with E-state index in [1.807, 2.05) is 0 Å². The van der Waals surface area contributed by atoms with Crippen LogP contribution in [0.1, 0.15) is 33.6 Å². The number of carbonyl (C=O) groups excluding carboxylic acids is 1. The second-order valence-electron chi connectivity index (χ2n) is 3.18. The molecule has 0 saturated carbocycles. The maximum absolute atomic E-state index is 11.4. The quantitative estimate of drug-likeness (QED) is 0.618. The van der Waals surface area contributed by atoms with Crippen LogP contribution in [0.4, 0.5) is 0 Å². The molecule has 0 aromatic rings. The van der Waals surface area contributed by atoms with Crippen LogP contribution in [0.3, 0.4) is 0 Å². The number of Topliss-reactive ketones (excluding diaryl/α,β-unsaturated/α-hetero) is 1. The smallest absolute Gasteiger partial charge is 0.198 e. The van der Waals surface area contributed by atoms with Gasteiger partial charge in [-0.05, 0) is 13.3 Å². The Morgan fingerprint density at radius 1 is 1.38 bits per heavy atom. The first kappa shape index (κ1) is 12.6. The molecule has 4 nitrogen and oxygen atoms in total. The molecular formula is C9H18O4. The molecule has 0 aromatic heterocycles. The zero-order valence-corrected chi connectivity index (χ0v) is 8.63. The molecule has 0 rings (SSSR count). The monoisotopic (exact) mass is 190 g/mol. The van der Waals surface area contributed by atoms with E-state index < -0.39 is 17.2 Å².